The molecule has 0 spiro atoms. The minimum Gasteiger partial charge on any atom is -0.393 e. The average Bonchev–Trinajstić information content (AvgIpc) is 3.34. The third kappa shape index (κ3) is 3.92. The van der Waals surface area contributed by atoms with Gasteiger partial charge in [0.15, 0.2) is 16.3 Å². The van der Waals surface area contributed by atoms with E-state index in [-0.39, 0.29) is 22.7 Å². The molecule has 0 N–H and O–H groups in total. The van der Waals surface area contributed by atoms with Crippen LogP contribution in [0.2, 0.25) is 0 Å². The van der Waals surface area contributed by atoms with Gasteiger partial charge in [0, 0.05) is 35.9 Å². The average molecular weight is 570 g/mol. The molecule has 3 aromatic rings. The van der Waals surface area contributed by atoms with Gasteiger partial charge in [-0.15, -0.1) is 0 Å². The number of hydrogen-bond donors (Lipinski definition) is 0. The van der Waals surface area contributed by atoms with E-state index in [0.717, 1.165) is 21.1 Å². The SMILES string of the molecule is CC1=CC(C)=[N+]2C1=C(c1ccccc1OS(=O)(=O)c1ccc([N+](=O)[O-])cc1[N+](=O)[O-])c1c(C)cc(C)n1[B-]2(F)F. The molecule has 11 nitrogen and oxygen atoms in total. The fourth-order valence-corrected chi connectivity index (χ4v) is 6.53. The van der Waals surface area contributed by atoms with Crippen LogP contribution in [0.3, 0.4) is 0 Å². The summed E-state index contributed by atoms with van der Waals surface area (Å²) in [6.07, 6.45) is 1.61. The van der Waals surface area contributed by atoms with Gasteiger partial charge < -0.3 is 21.8 Å². The van der Waals surface area contributed by atoms with Crippen LogP contribution in [0.25, 0.3) is 5.57 Å². The summed E-state index contributed by atoms with van der Waals surface area (Å²) in [5.74, 6) is -0.266. The molecule has 2 aliphatic heterocycles. The number of halogens is 2. The highest BCUT2D eigenvalue weighted by Gasteiger charge is 2.55. The Morgan fingerprint density at radius 3 is 2.30 bits per heavy atom. The number of para-hydroxylation sites is 1. The normalized spacial score (nSPS) is 16.0. The smallest absolute Gasteiger partial charge is 0.393 e. The predicted octanol–water partition coefficient (Wildman–Crippen LogP) is 5.12. The van der Waals surface area contributed by atoms with Crippen LogP contribution in [0.1, 0.15) is 36.4 Å². The van der Waals surface area contributed by atoms with E-state index < -0.39 is 43.2 Å². The van der Waals surface area contributed by atoms with Crippen molar-refractivity contribution in [1.82, 2.24) is 4.48 Å². The first-order chi connectivity index (χ1) is 18.7. The maximum atomic E-state index is 16.0. The van der Waals surface area contributed by atoms with Crippen LogP contribution >= 0.6 is 0 Å². The Morgan fingerprint density at radius 1 is 0.975 bits per heavy atom. The molecule has 0 saturated carbocycles. The number of nitro benzene ring substituents is 2. The van der Waals surface area contributed by atoms with Crippen molar-refractivity contribution in [2.24, 2.45) is 0 Å². The van der Waals surface area contributed by atoms with Gasteiger partial charge in [-0.1, -0.05) is 18.2 Å². The van der Waals surface area contributed by atoms with E-state index in [2.05, 4.69) is 0 Å². The Kier molecular flexibility index (Phi) is 6.02. The second-order valence-corrected chi connectivity index (χ2v) is 11.1. The lowest BCUT2D eigenvalue weighted by atomic mass is 9.83. The molecule has 40 heavy (non-hydrogen) atoms. The van der Waals surface area contributed by atoms with E-state index in [9.17, 15) is 28.6 Å². The summed E-state index contributed by atoms with van der Waals surface area (Å²) in [7, 11) is -4.92. The summed E-state index contributed by atoms with van der Waals surface area (Å²) in [6.45, 7) is 2.18. The van der Waals surface area contributed by atoms with Gasteiger partial charge in [0.25, 0.3) is 11.4 Å². The Bertz CT molecular complexity index is 1880. The minimum atomic E-state index is -4.92. The molecule has 0 fully saturated rings. The number of fused-ring (bicyclic) bond motifs is 2. The van der Waals surface area contributed by atoms with E-state index in [1.54, 1.807) is 45.9 Å². The van der Waals surface area contributed by atoms with Gasteiger partial charge >= 0.3 is 17.1 Å². The van der Waals surface area contributed by atoms with Crippen molar-refractivity contribution in [2.75, 3.05) is 0 Å². The second kappa shape index (κ2) is 8.94. The standard InChI is InChI=1S/C25H21BF2N4O7S/c1-14-11-16(3)29-24(14)23(25-15(2)12-17(4)30(25)26(29,27)28)19-7-5-6-8-21(19)39-40(37,38)22-10-9-18(31(33)34)13-20(22)32(35)36/h5-13H,1-4H3. The molecule has 0 radical (unpaired) electrons. The predicted molar refractivity (Wildman–Crippen MR) is 142 cm³/mol. The Hall–Kier alpha value is -4.66. The summed E-state index contributed by atoms with van der Waals surface area (Å²) in [5.41, 5.74) is 0.781. The quantitative estimate of drug-likeness (QED) is 0.174. The van der Waals surface area contributed by atoms with Crippen LogP contribution in [0, 0.1) is 34.1 Å². The maximum absolute atomic E-state index is 16.0. The van der Waals surface area contributed by atoms with E-state index in [1.165, 1.54) is 18.2 Å². The highest BCUT2D eigenvalue weighted by atomic mass is 32.2. The van der Waals surface area contributed by atoms with Crippen molar-refractivity contribution in [3.05, 3.63) is 109 Å². The van der Waals surface area contributed by atoms with E-state index in [4.69, 9.17) is 4.18 Å². The summed E-state index contributed by atoms with van der Waals surface area (Å²) in [6, 6.07) is 9.55. The van der Waals surface area contributed by atoms with E-state index in [0.29, 0.717) is 34.2 Å². The lowest BCUT2D eigenvalue weighted by molar-refractivity contribution is -0.396. The molecule has 1 aromatic heterocycles. The third-order valence-corrected chi connectivity index (χ3v) is 8.19. The zero-order valence-electron chi connectivity index (χ0n) is 21.6. The number of aryl methyl sites for hydroxylation is 2. The lowest BCUT2D eigenvalue weighted by Gasteiger charge is -2.34. The molecule has 0 bridgehead atoms. The number of nitrogens with zero attached hydrogens (tertiary/aromatic N) is 4. The molecule has 0 amide bonds. The fraction of sp³-hybridized carbons (Fsp3) is 0.160. The molecular formula is C25H21BF2N4O7S. The molecule has 2 aromatic carbocycles. The first-order valence-corrected chi connectivity index (χ1v) is 13.3. The largest absolute Gasteiger partial charge is 0.737 e. The monoisotopic (exact) mass is 570 g/mol. The Morgan fingerprint density at radius 2 is 1.65 bits per heavy atom. The Balaban J connectivity index is 1.75. The first-order valence-electron chi connectivity index (χ1n) is 11.9. The molecule has 2 aliphatic rings. The summed E-state index contributed by atoms with van der Waals surface area (Å²) in [4.78, 5) is 19.9. The van der Waals surface area contributed by atoms with Crippen LogP contribution < -0.4 is 4.18 Å². The number of aromatic nitrogens is 1. The number of rotatable bonds is 6. The van der Waals surface area contributed by atoms with Gasteiger partial charge in [-0.25, -0.2) is 0 Å². The zero-order chi connectivity index (χ0) is 29.3. The number of nitro groups is 2. The maximum Gasteiger partial charge on any atom is 0.737 e. The number of benzene rings is 2. The van der Waals surface area contributed by atoms with Crippen LogP contribution in [-0.4, -0.2) is 39.9 Å². The zero-order valence-corrected chi connectivity index (χ0v) is 22.4. The molecule has 0 unspecified atom stereocenters. The van der Waals surface area contributed by atoms with Crippen molar-refractivity contribution in [3.63, 3.8) is 0 Å². The molecule has 0 atom stereocenters. The second-order valence-electron chi connectivity index (χ2n) is 9.54. The highest BCUT2D eigenvalue weighted by Crippen LogP contribution is 2.46. The van der Waals surface area contributed by atoms with Crippen molar-refractivity contribution in [3.8, 4) is 5.75 Å². The molecule has 5 rings (SSSR count). The molecule has 206 valence electrons. The highest BCUT2D eigenvalue weighted by molar-refractivity contribution is 7.87. The molecule has 3 heterocycles. The topological polar surface area (TPSA) is 138 Å². The first kappa shape index (κ1) is 26.9. The summed E-state index contributed by atoms with van der Waals surface area (Å²) in [5, 5.41) is 22.7. The van der Waals surface area contributed by atoms with Gasteiger partial charge in [-0.3, -0.25) is 20.2 Å². The van der Waals surface area contributed by atoms with Crippen molar-refractivity contribution in [1.29, 1.82) is 0 Å². The lowest BCUT2D eigenvalue weighted by Crippen LogP contribution is -2.51. The van der Waals surface area contributed by atoms with Crippen LogP contribution in [0.15, 0.2) is 70.8 Å². The minimum absolute atomic E-state index is 0.159. The third-order valence-electron chi connectivity index (χ3n) is 6.91. The number of non-ortho nitro benzene ring substituents is 1. The van der Waals surface area contributed by atoms with Crippen LogP contribution in [0.4, 0.5) is 20.0 Å². The van der Waals surface area contributed by atoms with Crippen molar-refractivity contribution < 1.29 is 35.6 Å². The van der Waals surface area contributed by atoms with Gasteiger partial charge in [-0.2, -0.15) is 8.42 Å². The van der Waals surface area contributed by atoms with Gasteiger partial charge in [0.1, 0.15) is 5.71 Å². The molecule has 0 saturated heterocycles. The Labute approximate surface area is 226 Å². The fourth-order valence-electron chi connectivity index (χ4n) is 5.44. The van der Waals surface area contributed by atoms with Gasteiger partial charge in [-0.05, 0) is 50.2 Å². The van der Waals surface area contributed by atoms with Crippen LogP contribution in [-0.2, 0) is 10.1 Å². The van der Waals surface area contributed by atoms with Gasteiger partial charge in [0.2, 0.25) is 0 Å². The number of hydrogen-bond acceptors (Lipinski definition) is 7. The van der Waals surface area contributed by atoms with E-state index in [1.807, 2.05) is 0 Å². The number of allylic oxidation sites excluding steroid dienone is 2. The molecule has 0 aliphatic carbocycles. The van der Waals surface area contributed by atoms with E-state index >= 15 is 8.63 Å². The van der Waals surface area contributed by atoms with Crippen molar-refractivity contribution in [2.45, 2.75) is 32.6 Å². The van der Waals surface area contributed by atoms with Crippen molar-refractivity contribution >= 4 is 39.7 Å². The molecule has 15 heteroatoms. The molecular weight excluding hydrogens is 549 g/mol. The van der Waals surface area contributed by atoms with Gasteiger partial charge in [0.05, 0.1) is 21.5 Å². The summed E-state index contributed by atoms with van der Waals surface area (Å²) >= 11 is 0. The van der Waals surface area contributed by atoms with Crippen LogP contribution in [0.5, 0.6) is 5.75 Å². The summed E-state index contributed by atoms with van der Waals surface area (Å²) < 4.78 is 65.9.